The summed E-state index contributed by atoms with van der Waals surface area (Å²) >= 11 is 12.0. The van der Waals surface area contributed by atoms with E-state index in [1.54, 1.807) is 36.4 Å². The average molecular weight is 626 g/mol. The quantitative estimate of drug-likeness (QED) is 0.165. The zero-order valence-electron chi connectivity index (χ0n) is 22.3. The molecule has 0 fully saturated rings. The van der Waals surface area contributed by atoms with Crippen LogP contribution in [0.15, 0.2) is 107 Å². The molecule has 0 unspecified atom stereocenters. The lowest BCUT2D eigenvalue weighted by Crippen LogP contribution is -2.39. The van der Waals surface area contributed by atoms with Crippen molar-refractivity contribution in [3.05, 3.63) is 118 Å². The van der Waals surface area contributed by atoms with E-state index in [1.807, 2.05) is 31.2 Å². The molecule has 0 aliphatic heterocycles. The molecule has 2 amide bonds. The number of nitrogens with zero attached hydrogens (tertiary/aromatic N) is 2. The first kappa shape index (κ1) is 30.6. The smallest absolute Gasteiger partial charge is 0.264 e. The van der Waals surface area contributed by atoms with Crippen molar-refractivity contribution in [2.75, 3.05) is 22.8 Å². The number of halogens is 2. The maximum Gasteiger partial charge on any atom is 0.264 e. The zero-order chi connectivity index (χ0) is 30.1. The first-order chi connectivity index (χ1) is 20.1. The molecular formula is C30H26Cl2N4O5S. The Bertz CT molecular complexity index is 1680. The number of rotatable bonds is 11. The van der Waals surface area contributed by atoms with E-state index in [0.29, 0.717) is 27.0 Å². The minimum Gasteiger partial charge on any atom is -0.484 e. The Balaban J connectivity index is 1.35. The number of hydrogen-bond acceptors (Lipinski definition) is 6. The fraction of sp³-hybridized carbons (Fsp3) is 0.100. The number of anilines is 2. The molecule has 42 heavy (non-hydrogen) atoms. The average Bonchev–Trinajstić information content (AvgIpc) is 2.97. The second-order valence-corrected chi connectivity index (χ2v) is 11.7. The first-order valence-electron chi connectivity index (χ1n) is 12.6. The summed E-state index contributed by atoms with van der Waals surface area (Å²) in [6, 6.07) is 25.9. The van der Waals surface area contributed by atoms with E-state index in [-0.39, 0.29) is 23.1 Å². The Morgan fingerprint density at radius 1 is 0.881 bits per heavy atom. The minimum absolute atomic E-state index is 0.0434. The number of hydrazone groups is 1. The second-order valence-electron chi connectivity index (χ2n) is 9.01. The van der Waals surface area contributed by atoms with Crippen LogP contribution in [0, 0.1) is 6.92 Å². The lowest BCUT2D eigenvalue weighted by Gasteiger charge is -2.23. The largest absolute Gasteiger partial charge is 0.484 e. The van der Waals surface area contributed by atoms with Crippen LogP contribution < -0.4 is 19.8 Å². The fourth-order valence-corrected chi connectivity index (χ4v) is 5.38. The molecule has 4 aromatic rings. The molecule has 9 nitrogen and oxygen atoms in total. The van der Waals surface area contributed by atoms with Gasteiger partial charge >= 0.3 is 0 Å². The highest BCUT2D eigenvalue weighted by molar-refractivity contribution is 7.92. The van der Waals surface area contributed by atoms with E-state index in [2.05, 4.69) is 15.8 Å². The van der Waals surface area contributed by atoms with Crippen LogP contribution >= 0.6 is 23.2 Å². The third-order valence-electron chi connectivity index (χ3n) is 5.77. The summed E-state index contributed by atoms with van der Waals surface area (Å²) in [6.45, 7) is 1.24. The summed E-state index contributed by atoms with van der Waals surface area (Å²) in [4.78, 5) is 24.8. The van der Waals surface area contributed by atoms with Crippen molar-refractivity contribution in [3.8, 4) is 5.75 Å². The van der Waals surface area contributed by atoms with Crippen LogP contribution in [0.1, 0.15) is 11.1 Å². The number of aryl methyl sites for hydroxylation is 1. The molecule has 0 saturated carbocycles. The summed E-state index contributed by atoms with van der Waals surface area (Å²) in [7, 11) is -4.13. The molecule has 2 N–H and O–H groups in total. The third-order valence-corrected chi connectivity index (χ3v) is 8.05. The van der Waals surface area contributed by atoms with Gasteiger partial charge in [-0.3, -0.25) is 13.9 Å². The minimum atomic E-state index is -4.13. The number of amides is 2. The van der Waals surface area contributed by atoms with Gasteiger partial charge in [-0.2, -0.15) is 5.10 Å². The van der Waals surface area contributed by atoms with Gasteiger partial charge in [-0.1, -0.05) is 47.0 Å². The lowest BCUT2D eigenvalue weighted by molar-refractivity contribution is -0.119. The maximum atomic E-state index is 13.4. The fourth-order valence-electron chi connectivity index (χ4n) is 3.66. The summed E-state index contributed by atoms with van der Waals surface area (Å²) in [6.07, 6.45) is 1.39. The first-order valence-corrected chi connectivity index (χ1v) is 14.7. The molecule has 0 radical (unpaired) electrons. The Hall–Kier alpha value is -4.38. The summed E-state index contributed by atoms with van der Waals surface area (Å²) in [5, 5.41) is 7.37. The number of ether oxygens (including phenoxy) is 1. The summed E-state index contributed by atoms with van der Waals surface area (Å²) in [5.74, 6) is -0.500. The predicted octanol–water partition coefficient (Wildman–Crippen LogP) is 5.66. The molecule has 0 bridgehead atoms. The number of nitrogens with one attached hydrogen (secondary N) is 2. The Labute approximate surface area is 253 Å². The normalized spacial score (nSPS) is 11.2. The van der Waals surface area contributed by atoms with E-state index in [1.165, 1.54) is 42.6 Å². The third kappa shape index (κ3) is 8.56. The van der Waals surface area contributed by atoms with Gasteiger partial charge in [0.2, 0.25) is 0 Å². The van der Waals surface area contributed by atoms with Crippen molar-refractivity contribution >= 4 is 62.6 Å². The standard InChI is InChI=1S/C30H26Cl2N4O5S/c1-21-5-11-25(12-6-21)34-30(38)20-41-27-13-7-22(8-14-27)18-33-35-29(37)19-36(26-4-2-3-24(32)17-26)42(39,40)28-15-9-23(31)10-16-28/h2-18H,19-20H2,1H3,(H,34,38)(H,35,37)/b33-18-. The van der Waals surface area contributed by atoms with Crippen molar-refractivity contribution < 1.29 is 22.7 Å². The van der Waals surface area contributed by atoms with Crippen LogP contribution in [0.5, 0.6) is 5.75 Å². The molecule has 0 aliphatic carbocycles. The Kier molecular flexibility index (Phi) is 10.2. The number of carbonyl (C=O) groups is 2. The number of carbonyl (C=O) groups excluding carboxylic acids is 2. The van der Waals surface area contributed by atoms with Crippen molar-refractivity contribution in [1.82, 2.24) is 5.43 Å². The summed E-state index contributed by atoms with van der Waals surface area (Å²) in [5.41, 5.74) is 4.96. The second kappa shape index (κ2) is 14.0. The van der Waals surface area contributed by atoms with Gasteiger partial charge in [0.05, 0.1) is 16.8 Å². The van der Waals surface area contributed by atoms with Crippen LogP contribution in [-0.2, 0) is 19.6 Å². The van der Waals surface area contributed by atoms with E-state index in [4.69, 9.17) is 27.9 Å². The van der Waals surface area contributed by atoms with E-state index in [0.717, 1.165) is 9.87 Å². The molecular weight excluding hydrogens is 599 g/mol. The van der Waals surface area contributed by atoms with Gasteiger partial charge in [-0.15, -0.1) is 0 Å². The van der Waals surface area contributed by atoms with Gasteiger partial charge < -0.3 is 10.1 Å². The Morgan fingerprint density at radius 3 is 2.24 bits per heavy atom. The summed E-state index contributed by atoms with van der Waals surface area (Å²) < 4.78 is 33.3. The molecule has 12 heteroatoms. The van der Waals surface area contributed by atoms with Gasteiger partial charge in [-0.05, 0) is 91.3 Å². The van der Waals surface area contributed by atoms with Gasteiger partial charge in [0, 0.05) is 15.7 Å². The molecule has 4 rings (SSSR count). The topological polar surface area (TPSA) is 117 Å². The number of benzene rings is 4. The van der Waals surface area contributed by atoms with Gasteiger partial charge in [0.1, 0.15) is 12.3 Å². The van der Waals surface area contributed by atoms with Crippen LogP contribution in [0.25, 0.3) is 0 Å². The molecule has 0 aromatic heterocycles. The zero-order valence-corrected chi connectivity index (χ0v) is 24.7. The van der Waals surface area contributed by atoms with Crippen LogP contribution in [0.4, 0.5) is 11.4 Å². The van der Waals surface area contributed by atoms with Gasteiger partial charge in [-0.25, -0.2) is 13.8 Å². The molecule has 0 saturated heterocycles. The number of sulfonamides is 1. The maximum absolute atomic E-state index is 13.4. The monoisotopic (exact) mass is 624 g/mol. The molecule has 0 spiro atoms. The van der Waals surface area contributed by atoms with Gasteiger partial charge in [0.25, 0.3) is 21.8 Å². The highest BCUT2D eigenvalue weighted by Crippen LogP contribution is 2.26. The highest BCUT2D eigenvalue weighted by Gasteiger charge is 2.27. The van der Waals surface area contributed by atoms with Crippen molar-refractivity contribution in [1.29, 1.82) is 0 Å². The lowest BCUT2D eigenvalue weighted by atomic mass is 10.2. The molecule has 216 valence electrons. The Morgan fingerprint density at radius 2 is 1.57 bits per heavy atom. The van der Waals surface area contributed by atoms with Crippen LogP contribution in [0.3, 0.4) is 0 Å². The SMILES string of the molecule is Cc1ccc(NC(=O)COc2ccc(/C=N\NC(=O)CN(c3cccc(Cl)c3)S(=O)(=O)c3ccc(Cl)cc3)cc2)cc1. The molecule has 4 aromatic carbocycles. The molecule has 0 aliphatic rings. The van der Waals surface area contributed by atoms with E-state index >= 15 is 0 Å². The van der Waals surface area contributed by atoms with E-state index < -0.39 is 22.5 Å². The van der Waals surface area contributed by atoms with Crippen molar-refractivity contribution in [3.63, 3.8) is 0 Å². The highest BCUT2D eigenvalue weighted by atomic mass is 35.5. The molecule has 0 heterocycles. The van der Waals surface area contributed by atoms with Crippen molar-refractivity contribution in [2.24, 2.45) is 5.10 Å². The van der Waals surface area contributed by atoms with Gasteiger partial charge in [0.15, 0.2) is 6.61 Å². The van der Waals surface area contributed by atoms with E-state index in [9.17, 15) is 18.0 Å². The van der Waals surface area contributed by atoms with Crippen molar-refractivity contribution in [2.45, 2.75) is 11.8 Å². The van der Waals surface area contributed by atoms with Crippen LogP contribution in [0.2, 0.25) is 10.0 Å². The predicted molar refractivity (Wildman–Crippen MR) is 165 cm³/mol. The number of hydrogen-bond donors (Lipinski definition) is 2. The van der Waals surface area contributed by atoms with Crippen LogP contribution in [-0.4, -0.2) is 39.6 Å². The molecule has 0 atom stereocenters.